The fourth-order valence-corrected chi connectivity index (χ4v) is 5.77. The van der Waals surface area contributed by atoms with Crippen LogP contribution in [0.3, 0.4) is 0 Å². The third-order valence-electron chi connectivity index (χ3n) is 2.35. The van der Waals surface area contributed by atoms with Gasteiger partial charge in [-0.1, -0.05) is 34.9 Å². The highest BCUT2D eigenvalue weighted by molar-refractivity contribution is 8.02. The van der Waals surface area contributed by atoms with Gasteiger partial charge in [-0.3, -0.25) is 0 Å². The zero-order chi connectivity index (χ0) is 13.4. The zero-order valence-electron chi connectivity index (χ0n) is 11.0. The average molecular weight is 327 g/mol. The largest absolute Gasteiger partial charge is 0.500 e. The van der Waals surface area contributed by atoms with Gasteiger partial charge in [0.25, 0.3) is 0 Å². The van der Waals surface area contributed by atoms with E-state index >= 15 is 0 Å². The molecule has 0 spiro atoms. The Morgan fingerprint density at radius 1 is 1.11 bits per heavy atom. The summed E-state index contributed by atoms with van der Waals surface area (Å²) in [5.74, 6) is 0.966. The minimum absolute atomic E-state index is 0.817. The monoisotopic (exact) mass is 326 g/mol. The van der Waals surface area contributed by atoms with Gasteiger partial charge in [0.05, 0.1) is 0 Å². The first kappa shape index (κ1) is 16.4. The molecule has 1 rings (SSSR count). The van der Waals surface area contributed by atoms with Crippen molar-refractivity contribution in [3.8, 4) is 0 Å². The molecule has 0 aliphatic heterocycles. The summed E-state index contributed by atoms with van der Waals surface area (Å²) < 4.78 is 18.1. The van der Waals surface area contributed by atoms with Crippen LogP contribution in [-0.4, -0.2) is 52.3 Å². The number of hydrogen-bond donors (Lipinski definition) is 0. The Kier molecular flexibility index (Phi) is 7.76. The van der Waals surface area contributed by atoms with E-state index in [9.17, 15) is 0 Å². The van der Waals surface area contributed by atoms with Gasteiger partial charge in [-0.15, -0.1) is 10.2 Å². The zero-order valence-corrected chi connectivity index (χ0v) is 14.4. The first-order valence-corrected chi connectivity index (χ1v) is 10.3. The van der Waals surface area contributed by atoms with E-state index < -0.39 is 8.80 Å². The first-order valence-electron chi connectivity index (χ1n) is 5.35. The second kappa shape index (κ2) is 8.51. The Balaban J connectivity index is 2.29. The fraction of sp³-hybridized carbons (Fsp3) is 0.778. The molecule has 5 nitrogen and oxygen atoms in total. The summed E-state index contributed by atoms with van der Waals surface area (Å²) in [6.45, 7) is 0. The maximum atomic E-state index is 5.37. The molecule has 0 atom stereocenters. The molecule has 1 aromatic heterocycles. The molecule has 0 saturated heterocycles. The normalized spacial score (nSPS) is 12.0. The third kappa shape index (κ3) is 4.80. The van der Waals surface area contributed by atoms with Crippen LogP contribution in [0.4, 0.5) is 0 Å². The second-order valence-corrected chi connectivity index (χ2v) is 9.75. The van der Waals surface area contributed by atoms with E-state index in [-0.39, 0.29) is 0 Å². The molecule has 0 fully saturated rings. The van der Waals surface area contributed by atoms with Crippen LogP contribution in [-0.2, 0) is 13.3 Å². The van der Waals surface area contributed by atoms with Gasteiger partial charge >= 0.3 is 8.80 Å². The maximum absolute atomic E-state index is 5.37. The van der Waals surface area contributed by atoms with Crippen LogP contribution in [0.2, 0.25) is 6.04 Å². The predicted octanol–water partition coefficient (Wildman–Crippen LogP) is 2.62. The topological polar surface area (TPSA) is 53.5 Å². The summed E-state index contributed by atoms with van der Waals surface area (Å²) >= 11 is 4.97. The number of thioether (sulfide) groups is 2. The summed E-state index contributed by atoms with van der Waals surface area (Å²) in [6, 6.07) is 0.817. The average Bonchev–Trinajstić information content (AvgIpc) is 2.88. The molecule has 104 valence electrons. The molecule has 18 heavy (non-hydrogen) atoms. The van der Waals surface area contributed by atoms with Crippen molar-refractivity contribution in [3.63, 3.8) is 0 Å². The summed E-state index contributed by atoms with van der Waals surface area (Å²) in [5, 5.41) is 8.17. The van der Waals surface area contributed by atoms with E-state index in [1.807, 2.05) is 6.26 Å². The molecule has 0 bridgehead atoms. The minimum Gasteiger partial charge on any atom is -0.377 e. The van der Waals surface area contributed by atoms with Gasteiger partial charge in [0.2, 0.25) is 0 Å². The molecule has 0 aliphatic rings. The van der Waals surface area contributed by atoms with Crippen LogP contribution >= 0.6 is 34.9 Å². The summed E-state index contributed by atoms with van der Waals surface area (Å²) in [6.07, 6.45) is 2.98. The van der Waals surface area contributed by atoms with Gasteiger partial charge in [-0.2, -0.15) is 0 Å². The first-order chi connectivity index (χ1) is 8.69. The highest BCUT2D eigenvalue weighted by Gasteiger charge is 2.36. The lowest BCUT2D eigenvalue weighted by molar-refractivity contribution is 0.123. The van der Waals surface area contributed by atoms with Crippen molar-refractivity contribution in [2.24, 2.45) is 0 Å². The number of rotatable bonds is 9. The molecule has 1 aromatic rings. The molecular formula is C9H18N2O3S3Si. The van der Waals surface area contributed by atoms with Crippen LogP contribution in [0, 0.1) is 0 Å². The van der Waals surface area contributed by atoms with E-state index in [1.165, 1.54) is 0 Å². The lowest BCUT2D eigenvalue weighted by Gasteiger charge is -2.23. The molecule has 0 saturated carbocycles. The van der Waals surface area contributed by atoms with Crippen LogP contribution in [0.25, 0.3) is 0 Å². The molecule has 0 unspecified atom stereocenters. The highest BCUT2D eigenvalue weighted by atomic mass is 32.2. The SMILES string of the molecule is CO[Si](CCCSc1nnc(SC)s1)(OC)OC. The van der Waals surface area contributed by atoms with Crippen molar-refractivity contribution in [3.05, 3.63) is 0 Å². The number of hydrogen-bond acceptors (Lipinski definition) is 8. The van der Waals surface area contributed by atoms with Crippen molar-refractivity contribution in [2.75, 3.05) is 33.3 Å². The van der Waals surface area contributed by atoms with Gasteiger partial charge < -0.3 is 13.3 Å². The Morgan fingerprint density at radius 2 is 1.72 bits per heavy atom. The van der Waals surface area contributed by atoms with Crippen molar-refractivity contribution < 1.29 is 13.3 Å². The van der Waals surface area contributed by atoms with Crippen LogP contribution in [0.15, 0.2) is 8.68 Å². The highest BCUT2D eigenvalue weighted by Crippen LogP contribution is 2.28. The summed E-state index contributed by atoms with van der Waals surface area (Å²) in [5.41, 5.74) is 0. The third-order valence-corrected chi connectivity index (χ3v) is 8.30. The predicted molar refractivity (Wildman–Crippen MR) is 78.6 cm³/mol. The molecule has 9 heteroatoms. The van der Waals surface area contributed by atoms with Gasteiger partial charge in [0.1, 0.15) is 0 Å². The smallest absolute Gasteiger partial charge is 0.377 e. The summed E-state index contributed by atoms with van der Waals surface area (Å²) in [7, 11) is 2.51. The van der Waals surface area contributed by atoms with Crippen molar-refractivity contribution in [2.45, 2.75) is 21.1 Å². The van der Waals surface area contributed by atoms with Gasteiger partial charge in [-0.25, -0.2) is 0 Å². The molecule has 1 heterocycles. The lowest BCUT2D eigenvalue weighted by Crippen LogP contribution is -2.42. The lowest BCUT2D eigenvalue weighted by atomic mass is 10.6. The molecule has 0 radical (unpaired) electrons. The van der Waals surface area contributed by atoms with Crippen molar-refractivity contribution >= 4 is 43.7 Å². The van der Waals surface area contributed by atoms with Crippen LogP contribution < -0.4 is 0 Å². The van der Waals surface area contributed by atoms with E-state index in [4.69, 9.17) is 13.3 Å². The van der Waals surface area contributed by atoms with Crippen molar-refractivity contribution in [1.82, 2.24) is 10.2 Å². The number of aromatic nitrogens is 2. The maximum Gasteiger partial charge on any atom is 0.500 e. The van der Waals surface area contributed by atoms with Gasteiger partial charge in [-0.05, 0) is 12.7 Å². The summed E-state index contributed by atoms with van der Waals surface area (Å²) in [4.78, 5) is 0. The Labute approximate surface area is 121 Å². The van der Waals surface area contributed by atoms with Crippen LogP contribution in [0.1, 0.15) is 6.42 Å². The fourth-order valence-electron chi connectivity index (χ4n) is 1.34. The van der Waals surface area contributed by atoms with E-state index in [0.29, 0.717) is 0 Å². The van der Waals surface area contributed by atoms with E-state index in [1.54, 1.807) is 56.2 Å². The second-order valence-electron chi connectivity index (χ2n) is 3.29. The molecule has 0 N–H and O–H groups in total. The van der Waals surface area contributed by atoms with Crippen LogP contribution in [0.5, 0.6) is 0 Å². The Bertz CT molecular complexity index is 341. The van der Waals surface area contributed by atoms with Crippen molar-refractivity contribution in [1.29, 1.82) is 0 Å². The molecular weight excluding hydrogens is 308 g/mol. The standard InChI is InChI=1S/C9H18N2O3S3Si/c1-12-18(13-2,14-3)7-5-6-16-9-11-10-8(15-4)17-9/h5-7H2,1-4H3. The molecule has 0 amide bonds. The van der Waals surface area contributed by atoms with Gasteiger partial charge in [0.15, 0.2) is 8.68 Å². The minimum atomic E-state index is -2.41. The number of nitrogens with zero attached hydrogens (tertiary/aromatic N) is 2. The Hall–Kier alpha value is 0.357. The molecule has 0 aliphatic carbocycles. The Morgan fingerprint density at radius 3 is 2.22 bits per heavy atom. The quantitative estimate of drug-likeness (QED) is 0.393. The molecule has 0 aromatic carbocycles. The van der Waals surface area contributed by atoms with E-state index in [0.717, 1.165) is 26.9 Å². The van der Waals surface area contributed by atoms with E-state index in [2.05, 4.69) is 10.2 Å². The van der Waals surface area contributed by atoms with Gasteiger partial charge in [0, 0.05) is 33.1 Å².